The smallest absolute Gasteiger partial charge is 0.204 e. The van der Waals surface area contributed by atoms with Gasteiger partial charge in [-0.3, -0.25) is 5.01 Å². The number of nitrogens with one attached hydrogen (secondary N) is 1. The number of hydrazine groups is 1. The molecule has 3 N–H and O–H groups in total. The molecule has 1 atom stereocenters. The van der Waals surface area contributed by atoms with Gasteiger partial charge in [0, 0.05) is 0 Å². The summed E-state index contributed by atoms with van der Waals surface area (Å²) in [5.41, 5.74) is 0. The highest BCUT2D eigenvalue weighted by Crippen LogP contribution is 2.06. The Morgan fingerprint density at radius 3 is 2.75 bits per heavy atom. The van der Waals surface area contributed by atoms with Gasteiger partial charge in [-0.1, -0.05) is 6.58 Å². The van der Waals surface area contributed by atoms with E-state index in [-0.39, 0.29) is 6.54 Å². The second-order valence-electron chi connectivity index (χ2n) is 1.67. The highest BCUT2D eigenvalue weighted by Gasteiger charge is 2.21. The summed E-state index contributed by atoms with van der Waals surface area (Å²) in [4.78, 5) is 0. The number of rotatable bonds is 0. The third-order valence-electron chi connectivity index (χ3n) is 1.09. The molecule has 0 aromatic carbocycles. The van der Waals surface area contributed by atoms with Crippen LogP contribution < -0.4 is 11.2 Å². The van der Waals surface area contributed by atoms with Crippen molar-refractivity contribution >= 4 is 0 Å². The van der Waals surface area contributed by atoms with Gasteiger partial charge in [0.15, 0.2) is 0 Å². The summed E-state index contributed by atoms with van der Waals surface area (Å²) in [6.45, 7) is 3.68. The average molecular weight is 117 g/mol. The first kappa shape index (κ1) is 5.37. The molecule has 1 unspecified atom stereocenters. The highest BCUT2D eigenvalue weighted by molar-refractivity contribution is 4.96. The van der Waals surface area contributed by atoms with Gasteiger partial charge >= 0.3 is 0 Å². The van der Waals surface area contributed by atoms with Crippen molar-refractivity contribution in [2.45, 2.75) is 6.30 Å². The van der Waals surface area contributed by atoms with E-state index in [2.05, 4.69) is 11.9 Å². The molecule has 1 aliphatic heterocycles. The van der Waals surface area contributed by atoms with E-state index in [1.54, 1.807) is 0 Å². The van der Waals surface area contributed by atoms with Gasteiger partial charge < -0.3 is 5.32 Å². The minimum Gasteiger partial charge on any atom is -0.366 e. The second-order valence-corrected chi connectivity index (χ2v) is 1.67. The summed E-state index contributed by atoms with van der Waals surface area (Å²) in [6.07, 6.45) is -1.11. The number of halogens is 1. The fraction of sp³-hybridized carbons (Fsp3) is 0.500. The second kappa shape index (κ2) is 1.63. The zero-order valence-electron chi connectivity index (χ0n) is 4.39. The quantitative estimate of drug-likeness (QED) is 0.333. The van der Waals surface area contributed by atoms with Crippen molar-refractivity contribution in [3.8, 4) is 0 Å². The predicted molar refractivity (Wildman–Crippen MR) is 28.1 cm³/mol. The van der Waals surface area contributed by atoms with Crippen LogP contribution in [0.25, 0.3) is 0 Å². The maximum atomic E-state index is 12.2. The van der Waals surface area contributed by atoms with Gasteiger partial charge in [-0.25, -0.2) is 10.2 Å². The lowest BCUT2D eigenvalue weighted by Crippen LogP contribution is -2.32. The van der Waals surface area contributed by atoms with Crippen molar-refractivity contribution in [3.05, 3.63) is 12.4 Å². The van der Waals surface area contributed by atoms with Gasteiger partial charge in [-0.05, 0) is 0 Å². The lowest BCUT2D eigenvalue weighted by Gasteiger charge is -2.10. The average Bonchev–Trinajstić information content (AvgIpc) is 1.98. The van der Waals surface area contributed by atoms with Crippen LogP contribution >= 0.6 is 0 Å². The highest BCUT2D eigenvalue weighted by atomic mass is 19.1. The van der Waals surface area contributed by atoms with Crippen LogP contribution in [-0.4, -0.2) is 17.8 Å². The third kappa shape index (κ3) is 0.626. The Hall–Kier alpha value is -0.770. The first-order chi connectivity index (χ1) is 3.72. The molecule has 0 spiro atoms. The predicted octanol–water partition coefficient (Wildman–Crippen LogP) is -0.468. The maximum absolute atomic E-state index is 12.2. The van der Waals surface area contributed by atoms with E-state index in [0.29, 0.717) is 5.82 Å². The Bertz CT molecular complexity index is 114. The molecule has 8 heavy (non-hydrogen) atoms. The van der Waals surface area contributed by atoms with Crippen molar-refractivity contribution in [2.75, 3.05) is 6.54 Å². The molecule has 0 aromatic heterocycles. The summed E-state index contributed by atoms with van der Waals surface area (Å²) in [7, 11) is 0. The van der Waals surface area contributed by atoms with Crippen LogP contribution in [0, 0.1) is 0 Å². The summed E-state index contributed by atoms with van der Waals surface area (Å²) in [5.74, 6) is 5.56. The minimum atomic E-state index is -1.11. The van der Waals surface area contributed by atoms with Gasteiger partial charge in [0.2, 0.25) is 6.30 Å². The monoisotopic (exact) mass is 117 g/mol. The lowest BCUT2D eigenvalue weighted by molar-refractivity contribution is 0.163. The number of hydrogen-bond donors (Lipinski definition) is 2. The van der Waals surface area contributed by atoms with E-state index >= 15 is 0 Å². The van der Waals surface area contributed by atoms with E-state index in [1.165, 1.54) is 0 Å². The normalized spacial score (nSPS) is 28.5. The first-order valence-electron chi connectivity index (χ1n) is 2.32. The molecular weight excluding hydrogens is 109 g/mol. The van der Waals surface area contributed by atoms with Gasteiger partial charge in [0.05, 0.1) is 6.54 Å². The Kier molecular flexibility index (Phi) is 1.09. The molecule has 4 heteroatoms. The molecule has 1 saturated heterocycles. The van der Waals surface area contributed by atoms with Crippen LogP contribution in [-0.2, 0) is 0 Å². The summed E-state index contributed by atoms with van der Waals surface area (Å²) < 4.78 is 12.2. The Morgan fingerprint density at radius 2 is 2.62 bits per heavy atom. The van der Waals surface area contributed by atoms with E-state index in [1.807, 2.05) is 0 Å². The minimum absolute atomic E-state index is 0.245. The molecule has 1 fully saturated rings. The standard InChI is InChI=1S/C4H8FN3/c1-3-7-2-4(5)8(3)6/h4,7H,1-2,6H2. The largest absolute Gasteiger partial charge is 0.366 e. The maximum Gasteiger partial charge on any atom is 0.204 e. The lowest BCUT2D eigenvalue weighted by atomic mass is 10.6. The van der Waals surface area contributed by atoms with E-state index < -0.39 is 6.30 Å². The van der Waals surface area contributed by atoms with Gasteiger partial charge in [-0.15, -0.1) is 0 Å². The molecule has 46 valence electrons. The first-order valence-corrected chi connectivity index (χ1v) is 2.32. The van der Waals surface area contributed by atoms with E-state index in [4.69, 9.17) is 5.84 Å². The molecule has 0 aliphatic carbocycles. The molecular formula is C4H8FN3. The molecule has 1 rings (SSSR count). The van der Waals surface area contributed by atoms with Crippen LogP contribution in [0.2, 0.25) is 0 Å². The molecule has 3 nitrogen and oxygen atoms in total. The van der Waals surface area contributed by atoms with E-state index in [9.17, 15) is 4.39 Å². The summed E-state index contributed by atoms with van der Waals surface area (Å²) >= 11 is 0. The summed E-state index contributed by atoms with van der Waals surface area (Å²) in [6, 6.07) is 0. The van der Waals surface area contributed by atoms with E-state index in [0.717, 1.165) is 5.01 Å². The molecule has 0 aromatic rings. The van der Waals surface area contributed by atoms with Crippen molar-refractivity contribution < 1.29 is 4.39 Å². The molecule has 0 saturated carbocycles. The van der Waals surface area contributed by atoms with Gasteiger partial charge in [-0.2, -0.15) is 0 Å². The molecule has 1 aliphatic rings. The molecule has 1 heterocycles. The van der Waals surface area contributed by atoms with Crippen LogP contribution in [0.3, 0.4) is 0 Å². The molecule has 0 bridgehead atoms. The fourth-order valence-corrected chi connectivity index (χ4v) is 0.561. The van der Waals surface area contributed by atoms with Crippen LogP contribution in [0.15, 0.2) is 12.4 Å². The number of nitrogens with zero attached hydrogens (tertiary/aromatic N) is 1. The fourth-order valence-electron chi connectivity index (χ4n) is 0.561. The zero-order valence-corrected chi connectivity index (χ0v) is 4.39. The molecule has 0 amide bonds. The number of alkyl halides is 1. The summed E-state index contributed by atoms with van der Waals surface area (Å²) in [5, 5.41) is 3.62. The Balaban J connectivity index is 2.56. The van der Waals surface area contributed by atoms with Crippen LogP contribution in [0.4, 0.5) is 4.39 Å². The number of hydrogen-bond acceptors (Lipinski definition) is 3. The zero-order chi connectivity index (χ0) is 6.15. The van der Waals surface area contributed by atoms with Crippen molar-refractivity contribution in [1.82, 2.24) is 10.3 Å². The third-order valence-corrected chi connectivity index (χ3v) is 1.09. The Labute approximate surface area is 46.9 Å². The van der Waals surface area contributed by atoms with Crippen molar-refractivity contribution in [1.29, 1.82) is 0 Å². The SMILES string of the molecule is C=C1NCC(F)N1N. The number of nitrogens with two attached hydrogens (primary N) is 1. The van der Waals surface area contributed by atoms with Crippen LogP contribution in [0.5, 0.6) is 0 Å². The van der Waals surface area contributed by atoms with Crippen LogP contribution in [0.1, 0.15) is 0 Å². The van der Waals surface area contributed by atoms with Gasteiger partial charge in [0.1, 0.15) is 5.82 Å². The Morgan fingerprint density at radius 1 is 2.00 bits per heavy atom. The van der Waals surface area contributed by atoms with Crippen molar-refractivity contribution in [3.63, 3.8) is 0 Å². The van der Waals surface area contributed by atoms with Gasteiger partial charge in [0.25, 0.3) is 0 Å². The topological polar surface area (TPSA) is 41.3 Å². The van der Waals surface area contributed by atoms with Crippen molar-refractivity contribution in [2.24, 2.45) is 5.84 Å². The molecule has 0 radical (unpaired) electrons.